The van der Waals surface area contributed by atoms with Gasteiger partial charge in [0.05, 0.1) is 0 Å². The molecule has 0 aliphatic heterocycles. The van der Waals surface area contributed by atoms with E-state index >= 15 is 0 Å². The van der Waals surface area contributed by atoms with E-state index in [-0.39, 0.29) is 0 Å². The van der Waals surface area contributed by atoms with E-state index in [0.717, 1.165) is 6.42 Å². The highest BCUT2D eigenvalue weighted by molar-refractivity contribution is 8.00. The van der Waals surface area contributed by atoms with Crippen molar-refractivity contribution in [2.75, 3.05) is 0 Å². The second-order valence-corrected chi connectivity index (χ2v) is 3.42. The molecule has 0 fully saturated rings. The van der Waals surface area contributed by atoms with E-state index in [9.17, 15) is 4.79 Å². The molecule has 0 aromatic rings. The van der Waals surface area contributed by atoms with Crippen molar-refractivity contribution in [3.63, 3.8) is 0 Å². The molecular formula is C6H14O4S2. The van der Waals surface area contributed by atoms with Crippen molar-refractivity contribution in [3.05, 3.63) is 0 Å². The molecule has 0 saturated carbocycles. The number of carboxylic acids is 1. The summed E-state index contributed by atoms with van der Waals surface area (Å²) in [6.07, 6.45) is 0.215. The van der Waals surface area contributed by atoms with Crippen molar-refractivity contribution in [1.82, 2.24) is 0 Å². The highest BCUT2D eigenvalue weighted by atomic mass is 32.2. The van der Waals surface area contributed by atoms with E-state index in [1.54, 1.807) is 0 Å². The Morgan fingerprint density at radius 2 is 1.75 bits per heavy atom. The van der Waals surface area contributed by atoms with E-state index < -0.39 is 16.8 Å². The summed E-state index contributed by atoms with van der Waals surface area (Å²) < 4.78 is -0.843. The van der Waals surface area contributed by atoms with Crippen molar-refractivity contribution >= 4 is 31.2 Å². The first-order chi connectivity index (χ1) is 5.41. The van der Waals surface area contributed by atoms with Gasteiger partial charge >= 0.3 is 5.97 Å². The average molecular weight is 214 g/mol. The number of aliphatic hydroxyl groups excluding tert-OH is 1. The fraction of sp³-hybridized carbons (Fsp3) is 0.833. The molecule has 0 aliphatic carbocycles. The molecule has 0 bridgehead atoms. The van der Waals surface area contributed by atoms with E-state index in [2.05, 4.69) is 25.3 Å². The zero-order chi connectivity index (χ0) is 10.1. The summed E-state index contributed by atoms with van der Waals surface area (Å²) >= 11 is 6.92. The van der Waals surface area contributed by atoms with Gasteiger partial charge < -0.3 is 15.3 Å². The van der Waals surface area contributed by atoms with Gasteiger partial charge in [0.15, 0.2) is 6.29 Å². The molecule has 0 rings (SSSR count). The maximum absolute atomic E-state index is 9.55. The molecule has 0 heterocycles. The lowest BCUT2D eigenvalue weighted by molar-refractivity contribution is -0.134. The summed E-state index contributed by atoms with van der Waals surface area (Å²) in [6, 6.07) is 0. The number of hydrogen-bond acceptors (Lipinski definition) is 5. The highest BCUT2D eigenvalue weighted by Crippen LogP contribution is 1.96. The van der Waals surface area contributed by atoms with Crippen LogP contribution in [0.15, 0.2) is 0 Å². The predicted molar refractivity (Wildman–Crippen MR) is 52.5 cm³/mol. The Kier molecular flexibility index (Phi) is 11.2. The van der Waals surface area contributed by atoms with Crippen molar-refractivity contribution in [2.24, 2.45) is 0 Å². The van der Waals surface area contributed by atoms with Gasteiger partial charge in [-0.1, -0.05) is 13.3 Å². The first kappa shape index (κ1) is 14.6. The molecule has 0 amide bonds. The molecule has 0 saturated heterocycles. The number of aliphatic hydroxyl groups is 2. The molecule has 0 unspecified atom stereocenters. The summed E-state index contributed by atoms with van der Waals surface area (Å²) in [7, 11) is 0. The fourth-order valence-electron chi connectivity index (χ4n) is 0.258. The van der Waals surface area contributed by atoms with Gasteiger partial charge in [0, 0.05) is 0 Å². The summed E-state index contributed by atoms with van der Waals surface area (Å²) in [5.74, 6) is -1.01. The first-order valence-electron chi connectivity index (χ1n) is 3.36. The van der Waals surface area contributed by atoms with Gasteiger partial charge in [0.25, 0.3) is 0 Å². The van der Waals surface area contributed by atoms with Gasteiger partial charge in [-0.05, 0) is 6.42 Å². The summed E-state index contributed by atoms with van der Waals surface area (Å²) in [4.78, 5) is 9.55. The standard InChI is InChI=1S/C4H10O2.C2H4O2S2/c1-2-3-4(5)6;3-1(4)2(5)6/h4-6H,2-3H2,1H3;2,5-6H,(H,3,4). The van der Waals surface area contributed by atoms with Gasteiger partial charge in [-0.15, -0.1) is 0 Å². The average Bonchev–Trinajstić information content (AvgIpc) is 1.87. The van der Waals surface area contributed by atoms with Crippen LogP contribution in [-0.2, 0) is 4.79 Å². The first-order valence-corrected chi connectivity index (χ1v) is 4.40. The minimum absolute atomic E-state index is 0.486. The maximum atomic E-state index is 9.55. The quantitative estimate of drug-likeness (QED) is 0.347. The molecule has 0 spiro atoms. The largest absolute Gasteiger partial charge is 0.480 e. The second-order valence-electron chi connectivity index (χ2n) is 1.98. The lowest BCUT2D eigenvalue weighted by atomic mass is 10.3. The molecule has 4 nitrogen and oxygen atoms in total. The van der Waals surface area contributed by atoms with Crippen molar-refractivity contribution in [1.29, 1.82) is 0 Å². The molecule has 3 N–H and O–H groups in total. The van der Waals surface area contributed by atoms with Gasteiger partial charge in [-0.3, -0.25) is 4.79 Å². The molecular weight excluding hydrogens is 200 g/mol. The predicted octanol–water partition coefficient (Wildman–Crippen LogP) is 0.354. The molecule has 12 heavy (non-hydrogen) atoms. The lowest BCUT2D eigenvalue weighted by Crippen LogP contribution is -2.04. The van der Waals surface area contributed by atoms with Crippen LogP contribution in [0.2, 0.25) is 0 Å². The summed E-state index contributed by atoms with van der Waals surface area (Å²) in [5, 5.41) is 24.1. The number of carbonyl (C=O) groups is 1. The van der Waals surface area contributed by atoms with E-state index in [1.807, 2.05) is 6.92 Å². The molecule has 74 valence electrons. The van der Waals surface area contributed by atoms with Crippen molar-refractivity contribution in [3.8, 4) is 0 Å². The molecule has 0 aromatic carbocycles. The van der Waals surface area contributed by atoms with Crippen LogP contribution in [0.5, 0.6) is 0 Å². The van der Waals surface area contributed by atoms with Crippen LogP contribution < -0.4 is 0 Å². The van der Waals surface area contributed by atoms with Crippen molar-refractivity contribution in [2.45, 2.75) is 30.6 Å². The fourth-order valence-corrected chi connectivity index (χ4v) is 0.258. The maximum Gasteiger partial charge on any atom is 0.326 e. The third kappa shape index (κ3) is 16.6. The van der Waals surface area contributed by atoms with E-state index in [4.69, 9.17) is 15.3 Å². The normalized spacial score (nSPS) is 9.58. The Bertz CT molecular complexity index is 116. The highest BCUT2D eigenvalue weighted by Gasteiger charge is 2.01. The number of carboxylic acid groups (broad SMARTS) is 1. The Morgan fingerprint density at radius 3 is 1.75 bits per heavy atom. The van der Waals surface area contributed by atoms with Crippen LogP contribution in [0.3, 0.4) is 0 Å². The zero-order valence-electron chi connectivity index (χ0n) is 6.71. The number of aliphatic carboxylic acids is 1. The number of rotatable bonds is 3. The minimum atomic E-state index is -1.10. The summed E-state index contributed by atoms with van der Waals surface area (Å²) in [6.45, 7) is 1.90. The van der Waals surface area contributed by atoms with Crippen LogP contribution >= 0.6 is 25.3 Å². The van der Waals surface area contributed by atoms with Crippen LogP contribution in [0.25, 0.3) is 0 Å². The van der Waals surface area contributed by atoms with Gasteiger partial charge in [-0.25, -0.2) is 0 Å². The zero-order valence-corrected chi connectivity index (χ0v) is 8.50. The van der Waals surface area contributed by atoms with Crippen LogP contribution in [0, 0.1) is 0 Å². The molecule has 6 heteroatoms. The van der Waals surface area contributed by atoms with Gasteiger partial charge in [-0.2, -0.15) is 25.3 Å². The number of hydrogen-bond donors (Lipinski definition) is 5. The third-order valence-corrected chi connectivity index (χ3v) is 1.21. The molecule has 0 radical (unpaired) electrons. The van der Waals surface area contributed by atoms with Crippen LogP contribution in [0.4, 0.5) is 0 Å². The van der Waals surface area contributed by atoms with Gasteiger partial charge in [0.1, 0.15) is 4.58 Å². The Labute approximate surface area is 82.4 Å². The van der Waals surface area contributed by atoms with Gasteiger partial charge in [0.2, 0.25) is 0 Å². The third-order valence-electron chi connectivity index (χ3n) is 0.768. The lowest BCUT2D eigenvalue weighted by Gasteiger charge is -1.94. The summed E-state index contributed by atoms with van der Waals surface area (Å²) in [5.41, 5.74) is 0. The SMILES string of the molecule is CCCC(O)O.O=C(O)C(S)S. The molecule has 0 aromatic heterocycles. The smallest absolute Gasteiger partial charge is 0.326 e. The second kappa shape index (κ2) is 9.18. The van der Waals surface area contributed by atoms with Crippen LogP contribution in [0.1, 0.15) is 19.8 Å². The minimum Gasteiger partial charge on any atom is -0.480 e. The number of thiol groups is 2. The Hall–Kier alpha value is 0.0900. The monoisotopic (exact) mass is 214 g/mol. The van der Waals surface area contributed by atoms with Crippen LogP contribution in [-0.4, -0.2) is 32.2 Å². The Morgan fingerprint density at radius 1 is 1.42 bits per heavy atom. The molecule has 0 atom stereocenters. The Balaban J connectivity index is 0. The van der Waals surface area contributed by atoms with E-state index in [0.29, 0.717) is 6.42 Å². The molecule has 0 aliphatic rings. The van der Waals surface area contributed by atoms with E-state index in [1.165, 1.54) is 0 Å². The topological polar surface area (TPSA) is 77.8 Å². The van der Waals surface area contributed by atoms with Crippen molar-refractivity contribution < 1.29 is 20.1 Å².